The molecule has 0 aliphatic carbocycles. The molecule has 40 heavy (non-hydrogen) atoms. The van der Waals surface area contributed by atoms with Crippen LogP contribution in [0.1, 0.15) is 58.2 Å². The molecule has 0 N–H and O–H groups in total. The maximum Gasteiger partial charge on any atom is 0.161 e. The molecule has 0 bridgehead atoms. The van der Waals surface area contributed by atoms with Crippen LogP contribution in [-0.2, 0) is 17.4 Å². The summed E-state index contributed by atoms with van der Waals surface area (Å²) in [4.78, 5) is 4.29. The Bertz CT molecular complexity index is 1560. The van der Waals surface area contributed by atoms with Crippen molar-refractivity contribution in [2.45, 2.75) is 58.9 Å². The zero-order valence-electron chi connectivity index (χ0n) is 24.0. The van der Waals surface area contributed by atoms with Crippen LogP contribution in [0.3, 0.4) is 0 Å². The fraction of sp³-hybridized carbons (Fsp3) is 0.257. The topological polar surface area (TPSA) is 30.7 Å². The van der Waals surface area contributed by atoms with Crippen molar-refractivity contribution in [3.63, 3.8) is 0 Å². The maximum atomic E-state index is 14.6. The van der Waals surface area contributed by atoms with E-state index in [1.807, 2.05) is 0 Å². The van der Waals surface area contributed by atoms with Crippen molar-refractivity contribution in [2.75, 3.05) is 0 Å². The fourth-order valence-electron chi connectivity index (χ4n) is 4.87. The summed E-state index contributed by atoms with van der Waals surface area (Å²) in [5, 5.41) is 4.38. The number of benzene rings is 4. The van der Waals surface area contributed by atoms with Gasteiger partial charge in [0, 0.05) is 6.07 Å². The monoisotopic (exact) mass is 535 g/mol. The summed E-state index contributed by atoms with van der Waals surface area (Å²) in [7, 11) is 0. The Kier molecular flexibility index (Phi) is 7.17. The Morgan fingerprint density at radius 2 is 1.15 bits per heavy atom. The molecule has 1 aromatic heterocycles. The van der Waals surface area contributed by atoms with E-state index in [0.29, 0.717) is 12.4 Å². The van der Waals surface area contributed by atoms with Gasteiger partial charge in [0.15, 0.2) is 5.82 Å². The lowest BCUT2D eigenvalue weighted by Gasteiger charge is -2.20. The standard InChI is InChI=1S/C35H35F2N3/c1-34(2,3)28-11-7-24(8-12-28)26-17-23(18-27(19-26)25-9-13-29(14-10-25)35(4,5)6)21-40-33(38-22-39-40)31-16-15-30(36)20-32(31)37/h7-20,22H,21H2,1-6H3. The molecule has 3 nitrogen and oxygen atoms in total. The highest BCUT2D eigenvalue weighted by Crippen LogP contribution is 2.33. The molecule has 0 radical (unpaired) electrons. The Balaban J connectivity index is 1.58. The van der Waals surface area contributed by atoms with Crippen LogP contribution < -0.4 is 0 Å². The van der Waals surface area contributed by atoms with Gasteiger partial charge in [0.05, 0.1) is 12.1 Å². The molecule has 5 rings (SSSR count). The van der Waals surface area contributed by atoms with Crippen LogP contribution in [0.2, 0.25) is 0 Å². The van der Waals surface area contributed by atoms with Gasteiger partial charge in [0.2, 0.25) is 0 Å². The van der Waals surface area contributed by atoms with Gasteiger partial charge in [-0.25, -0.2) is 18.4 Å². The van der Waals surface area contributed by atoms with Crippen LogP contribution in [0, 0.1) is 11.6 Å². The second kappa shape index (κ2) is 10.5. The van der Waals surface area contributed by atoms with Crippen LogP contribution in [-0.4, -0.2) is 14.8 Å². The molecule has 5 aromatic rings. The summed E-state index contributed by atoms with van der Waals surface area (Å²) < 4.78 is 29.8. The number of hydrogen-bond acceptors (Lipinski definition) is 2. The average molecular weight is 536 g/mol. The summed E-state index contributed by atoms with van der Waals surface area (Å²) in [6, 6.07) is 27.4. The first-order valence-electron chi connectivity index (χ1n) is 13.6. The van der Waals surface area contributed by atoms with Gasteiger partial charge in [0.1, 0.15) is 18.0 Å². The van der Waals surface area contributed by atoms with E-state index in [9.17, 15) is 8.78 Å². The average Bonchev–Trinajstić information content (AvgIpc) is 3.35. The van der Waals surface area contributed by atoms with Crippen molar-refractivity contribution >= 4 is 0 Å². The Labute approximate surface area is 235 Å². The molecule has 5 heteroatoms. The minimum atomic E-state index is -0.665. The van der Waals surface area contributed by atoms with E-state index in [1.165, 1.54) is 29.6 Å². The summed E-state index contributed by atoms with van der Waals surface area (Å²) in [6.07, 6.45) is 1.40. The predicted octanol–water partition coefficient (Wildman–Crippen LogP) is 9.20. The highest BCUT2D eigenvalue weighted by molar-refractivity contribution is 5.74. The smallest absolute Gasteiger partial charge is 0.161 e. The van der Waals surface area contributed by atoms with Crippen LogP contribution in [0.25, 0.3) is 33.6 Å². The number of nitrogens with zero attached hydrogens (tertiary/aromatic N) is 3. The molecule has 0 aliphatic rings. The van der Waals surface area contributed by atoms with E-state index in [-0.39, 0.29) is 16.4 Å². The normalized spacial score (nSPS) is 12.1. The first-order valence-corrected chi connectivity index (χ1v) is 13.6. The summed E-state index contributed by atoms with van der Waals surface area (Å²) >= 11 is 0. The molecule has 1 heterocycles. The van der Waals surface area contributed by atoms with Gasteiger partial charge >= 0.3 is 0 Å². The second-order valence-corrected chi connectivity index (χ2v) is 12.4. The largest absolute Gasteiger partial charge is 0.241 e. The van der Waals surface area contributed by atoms with Crippen LogP contribution in [0.4, 0.5) is 8.78 Å². The highest BCUT2D eigenvalue weighted by atomic mass is 19.1. The van der Waals surface area contributed by atoms with E-state index in [1.54, 1.807) is 4.68 Å². The van der Waals surface area contributed by atoms with Gasteiger partial charge in [-0.2, -0.15) is 5.10 Å². The van der Waals surface area contributed by atoms with Gasteiger partial charge in [-0.1, -0.05) is 90.1 Å². The lowest BCUT2D eigenvalue weighted by atomic mass is 9.85. The van der Waals surface area contributed by atoms with Crippen molar-refractivity contribution in [3.8, 4) is 33.6 Å². The SMILES string of the molecule is CC(C)(C)c1ccc(-c2cc(Cn3ncnc3-c3ccc(F)cc3F)cc(-c3ccc(C(C)(C)C)cc3)c2)cc1. The molecule has 0 amide bonds. The number of hydrogen-bond donors (Lipinski definition) is 0. The highest BCUT2D eigenvalue weighted by Gasteiger charge is 2.17. The molecule has 0 fully saturated rings. The van der Waals surface area contributed by atoms with Gasteiger partial charge in [-0.05, 0) is 80.1 Å². The second-order valence-electron chi connectivity index (χ2n) is 12.4. The minimum Gasteiger partial charge on any atom is -0.241 e. The third-order valence-electron chi connectivity index (χ3n) is 7.28. The van der Waals surface area contributed by atoms with Crippen LogP contribution >= 0.6 is 0 Å². The molecular weight excluding hydrogens is 500 g/mol. The molecule has 0 unspecified atom stereocenters. The van der Waals surface area contributed by atoms with Crippen LogP contribution in [0.15, 0.2) is 91.3 Å². The molecule has 0 aliphatic heterocycles. The Morgan fingerprint density at radius 3 is 1.62 bits per heavy atom. The lowest BCUT2D eigenvalue weighted by molar-refractivity contribution is 0.582. The van der Waals surface area contributed by atoms with E-state index in [0.717, 1.165) is 33.9 Å². The van der Waals surface area contributed by atoms with Crippen molar-refractivity contribution in [3.05, 3.63) is 120 Å². The molecular formula is C35H35F2N3. The Hall–Kier alpha value is -4.12. The van der Waals surface area contributed by atoms with Crippen molar-refractivity contribution in [1.29, 1.82) is 0 Å². The maximum absolute atomic E-state index is 14.6. The number of aromatic nitrogens is 3. The summed E-state index contributed by atoms with van der Waals surface area (Å²) in [5.74, 6) is -0.935. The predicted molar refractivity (Wildman–Crippen MR) is 159 cm³/mol. The number of halogens is 2. The fourth-order valence-corrected chi connectivity index (χ4v) is 4.87. The molecule has 0 atom stereocenters. The quantitative estimate of drug-likeness (QED) is 0.225. The summed E-state index contributed by atoms with van der Waals surface area (Å²) in [5.41, 5.74) is 8.31. The van der Waals surface area contributed by atoms with Crippen molar-refractivity contribution in [2.24, 2.45) is 0 Å². The van der Waals surface area contributed by atoms with Crippen molar-refractivity contribution < 1.29 is 8.78 Å². The van der Waals surface area contributed by atoms with Crippen LogP contribution in [0.5, 0.6) is 0 Å². The van der Waals surface area contributed by atoms with Gasteiger partial charge in [-0.3, -0.25) is 0 Å². The van der Waals surface area contributed by atoms with Gasteiger partial charge in [-0.15, -0.1) is 0 Å². The summed E-state index contributed by atoms with van der Waals surface area (Å²) in [6.45, 7) is 13.6. The molecule has 204 valence electrons. The van der Waals surface area contributed by atoms with E-state index in [2.05, 4.69) is 118 Å². The molecule has 0 saturated carbocycles. The third-order valence-corrected chi connectivity index (χ3v) is 7.28. The van der Waals surface area contributed by atoms with E-state index >= 15 is 0 Å². The zero-order chi connectivity index (χ0) is 28.7. The third kappa shape index (κ3) is 5.89. The minimum absolute atomic E-state index is 0.0689. The molecule has 4 aromatic carbocycles. The Morgan fingerprint density at radius 1 is 0.625 bits per heavy atom. The first-order chi connectivity index (χ1) is 18.9. The van der Waals surface area contributed by atoms with Gasteiger partial charge in [0.25, 0.3) is 0 Å². The van der Waals surface area contributed by atoms with E-state index in [4.69, 9.17) is 0 Å². The lowest BCUT2D eigenvalue weighted by Crippen LogP contribution is -2.10. The molecule has 0 saturated heterocycles. The van der Waals surface area contributed by atoms with Gasteiger partial charge < -0.3 is 0 Å². The number of rotatable bonds is 5. The first kappa shape index (κ1) is 27.4. The van der Waals surface area contributed by atoms with E-state index < -0.39 is 11.6 Å². The van der Waals surface area contributed by atoms with Crippen molar-refractivity contribution in [1.82, 2.24) is 14.8 Å². The zero-order valence-corrected chi connectivity index (χ0v) is 24.0. The molecule has 0 spiro atoms.